The van der Waals surface area contributed by atoms with Crippen LogP contribution in [0.1, 0.15) is 5.56 Å². The minimum atomic E-state index is 0.635. The minimum absolute atomic E-state index is 0.635. The van der Waals surface area contributed by atoms with Gasteiger partial charge in [0.1, 0.15) is 12.1 Å². The van der Waals surface area contributed by atoms with Gasteiger partial charge in [0.05, 0.1) is 14.2 Å². The SMILES string of the molecule is CNc1ncnc(N(C)Cc2ccc(OC)cc2)c1OC. The second-order valence-electron chi connectivity index (χ2n) is 4.53. The number of benzene rings is 1. The Morgan fingerprint density at radius 2 is 1.81 bits per heavy atom. The lowest BCUT2D eigenvalue weighted by Gasteiger charge is -2.21. The number of hydrogen-bond donors (Lipinski definition) is 1. The van der Waals surface area contributed by atoms with E-state index < -0.39 is 0 Å². The number of nitrogens with zero attached hydrogens (tertiary/aromatic N) is 3. The van der Waals surface area contributed by atoms with Crippen LogP contribution in [0.2, 0.25) is 0 Å². The van der Waals surface area contributed by atoms with Crippen LogP contribution in [0.4, 0.5) is 11.6 Å². The monoisotopic (exact) mass is 288 g/mol. The molecule has 0 spiro atoms. The van der Waals surface area contributed by atoms with E-state index in [9.17, 15) is 0 Å². The van der Waals surface area contributed by atoms with Crippen LogP contribution in [0, 0.1) is 0 Å². The zero-order valence-electron chi connectivity index (χ0n) is 12.8. The molecule has 21 heavy (non-hydrogen) atoms. The maximum Gasteiger partial charge on any atom is 0.204 e. The minimum Gasteiger partial charge on any atom is -0.497 e. The van der Waals surface area contributed by atoms with Gasteiger partial charge in [-0.25, -0.2) is 9.97 Å². The zero-order valence-corrected chi connectivity index (χ0v) is 12.8. The Balaban J connectivity index is 2.21. The Morgan fingerprint density at radius 1 is 1.10 bits per heavy atom. The second-order valence-corrected chi connectivity index (χ2v) is 4.53. The summed E-state index contributed by atoms with van der Waals surface area (Å²) in [7, 11) is 7.04. The standard InChI is InChI=1S/C15H20N4O2/c1-16-14-13(21-4)15(18-10-17-14)19(2)9-11-5-7-12(20-3)8-6-11/h5-8,10H,9H2,1-4H3,(H,16,17,18). The number of methoxy groups -OCH3 is 2. The lowest BCUT2D eigenvalue weighted by atomic mass is 10.2. The Morgan fingerprint density at radius 3 is 2.38 bits per heavy atom. The van der Waals surface area contributed by atoms with Crippen molar-refractivity contribution in [1.82, 2.24) is 9.97 Å². The molecule has 6 nitrogen and oxygen atoms in total. The van der Waals surface area contributed by atoms with Crippen LogP contribution in [-0.4, -0.2) is 38.3 Å². The van der Waals surface area contributed by atoms with Crippen molar-refractivity contribution in [3.63, 3.8) is 0 Å². The largest absolute Gasteiger partial charge is 0.497 e. The summed E-state index contributed by atoms with van der Waals surface area (Å²) in [6.07, 6.45) is 1.52. The second kappa shape index (κ2) is 6.78. The first-order chi connectivity index (χ1) is 10.2. The molecule has 0 aliphatic heterocycles. The molecule has 0 amide bonds. The fourth-order valence-electron chi connectivity index (χ4n) is 2.08. The van der Waals surface area contributed by atoms with E-state index in [4.69, 9.17) is 9.47 Å². The van der Waals surface area contributed by atoms with E-state index in [1.54, 1.807) is 21.3 Å². The third-order valence-corrected chi connectivity index (χ3v) is 3.17. The normalized spacial score (nSPS) is 10.1. The van der Waals surface area contributed by atoms with E-state index in [1.165, 1.54) is 6.33 Å². The van der Waals surface area contributed by atoms with Crippen molar-refractivity contribution >= 4 is 11.6 Å². The van der Waals surface area contributed by atoms with Crippen LogP contribution in [0.5, 0.6) is 11.5 Å². The average molecular weight is 288 g/mol. The smallest absolute Gasteiger partial charge is 0.204 e. The molecule has 0 aliphatic rings. The number of anilines is 2. The highest BCUT2D eigenvalue weighted by Crippen LogP contribution is 2.31. The van der Waals surface area contributed by atoms with Gasteiger partial charge < -0.3 is 19.7 Å². The molecule has 0 unspecified atom stereocenters. The molecule has 1 N–H and O–H groups in total. The van der Waals surface area contributed by atoms with E-state index in [2.05, 4.69) is 15.3 Å². The Hall–Kier alpha value is -2.50. The first-order valence-corrected chi connectivity index (χ1v) is 6.60. The number of hydrogen-bond acceptors (Lipinski definition) is 6. The first kappa shape index (κ1) is 14.9. The average Bonchev–Trinajstić information content (AvgIpc) is 2.54. The van der Waals surface area contributed by atoms with Gasteiger partial charge >= 0.3 is 0 Å². The molecule has 112 valence electrons. The maximum absolute atomic E-state index is 5.41. The Labute approximate surface area is 124 Å². The molecule has 1 heterocycles. The molecule has 6 heteroatoms. The molecule has 0 saturated carbocycles. The molecule has 0 bridgehead atoms. The van der Waals surface area contributed by atoms with Gasteiger partial charge in [0.15, 0.2) is 11.6 Å². The van der Waals surface area contributed by atoms with Gasteiger partial charge in [-0.15, -0.1) is 0 Å². The summed E-state index contributed by atoms with van der Waals surface area (Å²) < 4.78 is 10.6. The summed E-state index contributed by atoms with van der Waals surface area (Å²) in [4.78, 5) is 10.5. The van der Waals surface area contributed by atoms with Crippen molar-refractivity contribution < 1.29 is 9.47 Å². The zero-order chi connectivity index (χ0) is 15.2. The summed E-state index contributed by atoms with van der Waals surface area (Å²) in [5.74, 6) is 2.89. The van der Waals surface area contributed by atoms with E-state index in [1.807, 2.05) is 36.2 Å². The highest BCUT2D eigenvalue weighted by atomic mass is 16.5. The number of aromatic nitrogens is 2. The first-order valence-electron chi connectivity index (χ1n) is 6.60. The highest BCUT2D eigenvalue weighted by molar-refractivity contribution is 5.64. The molecule has 0 radical (unpaired) electrons. The van der Waals surface area contributed by atoms with Gasteiger partial charge in [-0.1, -0.05) is 12.1 Å². The summed E-state index contributed by atoms with van der Waals surface area (Å²) in [5, 5.41) is 3.00. The number of nitrogens with one attached hydrogen (secondary N) is 1. The quantitative estimate of drug-likeness (QED) is 0.879. The predicted octanol–water partition coefficient (Wildman–Crippen LogP) is 2.17. The van der Waals surface area contributed by atoms with E-state index in [-0.39, 0.29) is 0 Å². The van der Waals surface area contributed by atoms with Crippen molar-refractivity contribution in [3.8, 4) is 11.5 Å². The van der Waals surface area contributed by atoms with E-state index in [0.29, 0.717) is 18.1 Å². The molecule has 0 atom stereocenters. The van der Waals surface area contributed by atoms with Gasteiger partial charge in [-0.3, -0.25) is 0 Å². The van der Waals surface area contributed by atoms with Crippen LogP contribution >= 0.6 is 0 Å². The molecule has 0 aliphatic carbocycles. The van der Waals surface area contributed by atoms with Crippen molar-refractivity contribution in [2.24, 2.45) is 0 Å². The molecule has 2 rings (SSSR count). The Bertz CT molecular complexity index is 587. The van der Waals surface area contributed by atoms with Crippen LogP contribution in [-0.2, 0) is 6.54 Å². The lowest BCUT2D eigenvalue weighted by Crippen LogP contribution is -2.19. The third-order valence-electron chi connectivity index (χ3n) is 3.17. The van der Waals surface area contributed by atoms with Crippen molar-refractivity contribution in [2.45, 2.75) is 6.54 Å². The van der Waals surface area contributed by atoms with Crippen LogP contribution in [0.25, 0.3) is 0 Å². The number of rotatable bonds is 6. The molecule has 2 aromatic rings. The molecule has 0 saturated heterocycles. The van der Waals surface area contributed by atoms with Gasteiger partial charge in [-0.05, 0) is 17.7 Å². The van der Waals surface area contributed by atoms with Gasteiger partial charge in [-0.2, -0.15) is 0 Å². The fourth-order valence-corrected chi connectivity index (χ4v) is 2.08. The molecular weight excluding hydrogens is 268 g/mol. The summed E-state index contributed by atoms with van der Waals surface area (Å²) in [6.45, 7) is 0.709. The number of ether oxygens (including phenoxy) is 2. The van der Waals surface area contributed by atoms with Crippen molar-refractivity contribution in [3.05, 3.63) is 36.2 Å². The van der Waals surface area contributed by atoms with Gasteiger partial charge in [0.25, 0.3) is 0 Å². The van der Waals surface area contributed by atoms with Gasteiger partial charge in [0, 0.05) is 20.6 Å². The lowest BCUT2D eigenvalue weighted by molar-refractivity contribution is 0.412. The van der Waals surface area contributed by atoms with Crippen molar-refractivity contribution in [1.29, 1.82) is 0 Å². The summed E-state index contributed by atoms with van der Waals surface area (Å²) >= 11 is 0. The van der Waals surface area contributed by atoms with Crippen LogP contribution < -0.4 is 19.7 Å². The molecule has 1 aromatic carbocycles. The van der Waals surface area contributed by atoms with E-state index >= 15 is 0 Å². The summed E-state index contributed by atoms with van der Waals surface area (Å²) in [6, 6.07) is 7.95. The maximum atomic E-state index is 5.41. The molecule has 0 fully saturated rings. The van der Waals surface area contributed by atoms with Gasteiger partial charge in [0.2, 0.25) is 5.75 Å². The van der Waals surface area contributed by atoms with Crippen LogP contribution in [0.3, 0.4) is 0 Å². The topological polar surface area (TPSA) is 59.5 Å². The third kappa shape index (κ3) is 3.34. The highest BCUT2D eigenvalue weighted by Gasteiger charge is 2.15. The Kier molecular flexibility index (Phi) is 4.81. The van der Waals surface area contributed by atoms with Crippen molar-refractivity contribution in [2.75, 3.05) is 38.5 Å². The van der Waals surface area contributed by atoms with Crippen LogP contribution in [0.15, 0.2) is 30.6 Å². The predicted molar refractivity (Wildman–Crippen MR) is 83.2 cm³/mol. The molecular formula is C15H20N4O2. The van der Waals surface area contributed by atoms with E-state index in [0.717, 1.165) is 17.1 Å². The summed E-state index contributed by atoms with van der Waals surface area (Å²) in [5.41, 5.74) is 1.16. The molecule has 1 aromatic heterocycles. The fraction of sp³-hybridized carbons (Fsp3) is 0.333.